The van der Waals surface area contributed by atoms with Crippen LogP contribution in [0.1, 0.15) is 58.8 Å². The van der Waals surface area contributed by atoms with Crippen LogP contribution in [0.3, 0.4) is 0 Å². The largest absolute Gasteiger partial charge is 0.351 e. The summed E-state index contributed by atoms with van der Waals surface area (Å²) in [7, 11) is 0. The molecule has 3 nitrogen and oxygen atoms in total. The van der Waals surface area contributed by atoms with Crippen molar-refractivity contribution >= 4 is 5.91 Å². The smallest absolute Gasteiger partial charge is 0.240 e. The molecule has 0 aromatic carbocycles. The van der Waals surface area contributed by atoms with E-state index >= 15 is 0 Å². The molecule has 4 aliphatic rings. The number of carbonyl (C=O) groups is 1. The maximum Gasteiger partial charge on any atom is 0.240 e. The molecule has 4 aliphatic carbocycles. The highest BCUT2D eigenvalue weighted by Crippen LogP contribution is 2.53. The number of hydrogen-bond donors (Lipinski definition) is 2. The summed E-state index contributed by atoms with van der Waals surface area (Å²) in [5, 5.41) is 3.32. The van der Waals surface area contributed by atoms with Gasteiger partial charge in [0.25, 0.3) is 0 Å². The third-order valence-electron chi connectivity index (χ3n) is 5.81. The van der Waals surface area contributed by atoms with E-state index in [-0.39, 0.29) is 5.91 Å². The maximum absolute atomic E-state index is 12.4. The minimum absolute atomic E-state index is 0.0758. The quantitative estimate of drug-likeness (QED) is 0.819. The van der Waals surface area contributed by atoms with E-state index < -0.39 is 5.54 Å². The number of amides is 1. The number of hydrogen-bond acceptors (Lipinski definition) is 2. The van der Waals surface area contributed by atoms with Crippen LogP contribution in [0.25, 0.3) is 0 Å². The van der Waals surface area contributed by atoms with Crippen molar-refractivity contribution in [3.63, 3.8) is 0 Å². The highest BCUT2D eigenvalue weighted by atomic mass is 16.2. The molecule has 4 saturated carbocycles. The van der Waals surface area contributed by atoms with Gasteiger partial charge in [0.05, 0.1) is 5.54 Å². The van der Waals surface area contributed by atoms with E-state index in [4.69, 9.17) is 5.73 Å². The van der Waals surface area contributed by atoms with Gasteiger partial charge < -0.3 is 11.1 Å². The lowest BCUT2D eigenvalue weighted by molar-refractivity contribution is -0.130. The van der Waals surface area contributed by atoms with Gasteiger partial charge in [0.15, 0.2) is 0 Å². The molecular weight excluding hydrogens is 236 g/mol. The summed E-state index contributed by atoms with van der Waals surface area (Å²) < 4.78 is 0. The van der Waals surface area contributed by atoms with Crippen LogP contribution in [0.2, 0.25) is 0 Å². The Morgan fingerprint density at radius 3 is 2.16 bits per heavy atom. The van der Waals surface area contributed by atoms with Crippen molar-refractivity contribution in [2.75, 3.05) is 0 Å². The first-order valence-electron chi connectivity index (χ1n) is 8.09. The maximum atomic E-state index is 12.4. The van der Waals surface area contributed by atoms with E-state index in [1.54, 1.807) is 0 Å². The summed E-state index contributed by atoms with van der Waals surface area (Å²) in [6.07, 6.45) is 8.55. The van der Waals surface area contributed by atoms with Crippen molar-refractivity contribution in [3.8, 4) is 0 Å². The Morgan fingerprint density at radius 1 is 1.16 bits per heavy atom. The van der Waals surface area contributed by atoms with Gasteiger partial charge in [-0.15, -0.1) is 0 Å². The molecule has 0 spiro atoms. The molecule has 1 amide bonds. The van der Waals surface area contributed by atoms with Crippen LogP contribution in [-0.4, -0.2) is 17.5 Å². The van der Waals surface area contributed by atoms with E-state index in [2.05, 4.69) is 12.2 Å². The molecule has 0 radical (unpaired) electrons. The van der Waals surface area contributed by atoms with Crippen molar-refractivity contribution < 1.29 is 4.79 Å². The van der Waals surface area contributed by atoms with Gasteiger partial charge in [0.1, 0.15) is 0 Å². The van der Waals surface area contributed by atoms with Crippen molar-refractivity contribution in [1.82, 2.24) is 5.32 Å². The number of nitrogens with two attached hydrogens (primary N) is 1. The summed E-state index contributed by atoms with van der Waals surface area (Å²) in [5.41, 5.74) is 5.47. The fraction of sp³-hybridized carbons (Fsp3) is 0.938. The molecule has 3 heteroatoms. The summed E-state index contributed by atoms with van der Waals surface area (Å²) in [6.45, 7) is 3.96. The van der Waals surface area contributed by atoms with E-state index in [1.165, 1.54) is 32.1 Å². The predicted octanol–water partition coefficient (Wildman–Crippen LogP) is 2.44. The second kappa shape index (κ2) is 4.76. The number of carbonyl (C=O) groups excluding carboxylic acids is 1. The SMILES string of the molecule is CCCC(C)(N)C(=O)NC1C2CC3CC(C2)CC1C3. The first kappa shape index (κ1) is 13.4. The first-order valence-corrected chi connectivity index (χ1v) is 8.09. The van der Waals surface area contributed by atoms with E-state index in [0.717, 1.165) is 36.5 Å². The second-order valence-electron chi connectivity index (χ2n) is 7.60. The molecule has 0 heterocycles. The van der Waals surface area contributed by atoms with Gasteiger partial charge in [-0.25, -0.2) is 0 Å². The van der Waals surface area contributed by atoms with Gasteiger partial charge in [-0.05, 0) is 69.1 Å². The van der Waals surface area contributed by atoms with Gasteiger partial charge in [0.2, 0.25) is 5.91 Å². The normalized spacial score (nSPS) is 43.0. The first-order chi connectivity index (χ1) is 8.99. The van der Waals surface area contributed by atoms with Crippen LogP contribution in [0, 0.1) is 23.7 Å². The molecule has 0 saturated heterocycles. The Labute approximate surface area is 116 Å². The van der Waals surface area contributed by atoms with Crippen molar-refractivity contribution in [3.05, 3.63) is 0 Å². The highest BCUT2D eigenvalue weighted by Gasteiger charge is 2.49. The molecule has 4 fully saturated rings. The molecule has 4 rings (SSSR count). The Morgan fingerprint density at radius 2 is 1.68 bits per heavy atom. The monoisotopic (exact) mass is 264 g/mol. The van der Waals surface area contributed by atoms with Gasteiger partial charge >= 0.3 is 0 Å². The summed E-state index contributed by atoms with van der Waals surface area (Å²) >= 11 is 0. The average Bonchev–Trinajstić information content (AvgIpc) is 2.32. The number of nitrogens with one attached hydrogen (secondary N) is 1. The van der Waals surface area contributed by atoms with Crippen LogP contribution >= 0.6 is 0 Å². The molecule has 0 aromatic heterocycles. The lowest BCUT2D eigenvalue weighted by Crippen LogP contribution is -2.61. The van der Waals surface area contributed by atoms with E-state index in [0.29, 0.717) is 6.04 Å². The minimum Gasteiger partial charge on any atom is -0.351 e. The lowest BCUT2D eigenvalue weighted by Gasteiger charge is -2.54. The molecular formula is C16H28N2O. The van der Waals surface area contributed by atoms with Crippen molar-refractivity contribution in [2.24, 2.45) is 29.4 Å². The Bertz CT molecular complexity index is 336. The third kappa shape index (κ3) is 2.42. The topological polar surface area (TPSA) is 55.1 Å². The van der Waals surface area contributed by atoms with Gasteiger partial charge in [-0.2, -0.15) is 0 Å². The van der Waals surface area contributed by atoms with Gasteiger partial charge in [0, 0.05) is 6.04 Å². The lowest BCUT2D eigenvalue weighted by atomic mass is 9.54. The van der Waals surface area contributed by atoms with Crippen molar-refractivity contribution in [2.45, 2.75) is 70.4 Å². The van der Waals surface area contributed by atoms with Crippen LogP contribution in [0.5, 0.6) is 0 Å². The summed E-state index contributed by atoms with van der Waals surface area (Å²) in [4.78, 5) is 12.4. The van der Waals surface area contributed by atoms with Crippen LogP contribution in [-0.2, 0) is 4.79 Å². The fourth-order valence-corrected chi connectivity index (χ4v) is 5.11. The zero-order valence-corrected chi connectivity index (χ0v) is 12.3. The fourth-order valence-electron chi connectivity index (χ4n) is 5.11. The Hall–Kier alpha value is -0.570. The molecule has 4 bridgehead atoms. The van der Waals surface area contributed by atoms with Gasteiger partial charge in [-0.1, -0.05) is 13.3 Å². The Kier molecular flexibility index (Phi) is 3.36. The second-order valence-corrected chi connectivity index (χ2v) is 7.60. The molecule has 1 unspecified atom stereocenters. The standard InChI is InChI=1S/C16H28N2O/c1-3-4-16(2,17)15(19)18-14-12-6-10-5-11(8-12)9-13(14)7-10/h10-14H,3-9,17H2,1-2H3,(H,18,19). The molecule has 0 aliphatic heterocycles. The summed E-state index contributed by atoms with van der Waals surface area (Å²) in [6, 6.07) is 0.417. The Balaban J connectivity index is 1.65. The zero-order valence-electron chi connectivity index (χ0n) is 12.3. The van der Waals surface area contributed by atoms with Crippen LogP contribution in [0.4, 0.5) is 0 Å². The third-order valence-corrected chi connectivity index (χ3v) is 5.81. The molecule has 0 aromatic rings. The van der Waals surface area contributed by atoms with Crippen LogP contribution < -0.4 is 11.1 Å². The van der Waals surface area contributed by atoms with Crippen molar-refractivity contribution in [1.29, 1.82) is 0 Å². The number of rotatable bonds is 4. The average molecular weight is 264 g/mol. The molecule has 3 N–H and O–H groups in total. The van der Waals surface area contributed by atoms with E-state index in [9.17, 15) is 4.79 Å². The van der Waals surface area contributed by atoms with Crippen LogP contribution in [0.15, 0.2) is 0 Å². The van der Waals surface area contributed by atoms with E-state index in [1.807, 2.05) is 6.92 Å². The minimum atomic E-state index is -0.691. The summed E-state index contributed by atoms with van der Waals surface area (Å²) in [5.74, 6) is 3.45. The van der Waals surface area contributed by atoms with Gasteiger partial charge in [-0.3, -0.25) is 4.79 Å². The highest BCUT2D eigenvalue weighted by molar-refractivity contribution is 5.85. The molecule has 108 valence electrons. The predicted molar refractivity (Wildman–Crippen MR) is 76.5 cm³/mol. The zero-order chi connectivity index (χ0) is 13.6. The molecule has 19 heavy (non-hydrogen) atoms. The molecule has 1 atom stereocenters.